The van der Waals surface area contributed by atoms with Crippen LogP contribution in [0.15, 0.2) is 16.7 Å². The van der Waals surface area contributed by atoms with Crippen molar-refractivity contribution in [2.24, 2.45) is 0 Å². The zero-order valence-corrected chi connectivity index (χ0v) is 10.7. The van der Waals surface area contributed by atoms with Gasteiger partial charge in [0.05, 0.1) is 5.56 Å². The normalized spacial score (nSPS) is 12.7. The van der Waals surface area contributed by atoms with Crippen LogP contribution in [0.4, 0.5) is 19.0 Å². The van der Waals surface area contributed by atoms with Crippen molar-refractivity contribution in [3.63, 3.8) is 0 Å². The number of pyridine rings is 1. The summed E-state index contributed by atoms with van der Waals surface area (Å²) >= 11 is 2.96. The molecule has 0 bridgehead atoms. The molecule has 0 amide bonds. The van der Waals surface area contributed by atoms with Gasteiger partial charge in [0.2, 0.25) is 0 Å². The maximum Gasteiger partial charge on any atom is 0.416 e. The standard InChI is InChI=1S/C10H12BrF3N2/c1-9(2,3)16-8-5-6(10(12,13)14)4-7(11)15-8/h4-5H,1-3H3,(H,15,16). The van der Waals surface area contributed by atoms with E-state index in [0.717, 1.165) is 12.1 Å². The van der Waals surface area contributed by atoms with E-state index in [0.29, 0.717) is 0 Å². The van der Waals surface area contributed by atoms with Crippen molar-refractivity contribution in [3.8, 4) is 0 Å². The molecule has 16 heavy (non-hydrogen) atoms. The van der Waals surface area contributed by atoms with E-state index in [-0.39, 0.29) is 16.0 Å². The van der Waals surface area contributed by atoms with E-state index in [2.05, 4.69) is 26.2 Å². The average Bonchev–Trinajstić information content (AvgIpc) is 1.97. The van der Waals surface area contributed by atoms with Gasteiger partial charge < -0.3 is 5.32 Å². The molecule has 0 saturated heterocycles. The molecule has 0 saturated carbocycles. The predicted molar refractivity (Wildman–Crippen MR) is 60.3 cm³/mol. The predicted octanol–water partition coefficient (Wildman–Crippen LogP) is 4.07. The Labute approximate surface area is 100 Å². The summed E-state index contributed by atoms with van der Waals surface area (Å²) in [6.07, 6.45) is -4.36. The smallest absolute Gasteiger partial charge is 0.365 e. The first kappa shape index (κ1) is 13.3. The van der Waals surface area contributed by atoms with Gasteiger partial charge >= 0.3 is 6.18 Å². The van der Waals surface area contributed by atoms with Crippen LogP contribution in [-0.2, 0) is 6.18 Å². The zero-order chi connectivity index (χ0) is 12.6. The molecular formula is C10H12BrF3N2. The van der Waals surface area contributed by atoms with E-state index in [1.54, 1.807) is 0 Å². The Morgan fingerprint density at radius 2 is 1.75 bits per heavy atom. The molecule has 2 nitrogen and oxygen atoms in total. The van der Waals surface area contributed by atoms with Crippen LogP contribution in [0.25, 0.3) is 0 Å². The van der Waals surface area contributed by atoms with Crippen LogP contribution in [0.3, 0.4) is 0 Å². The van der Waals surface area contributed by atoms with Crippen LogP contribution in [0.1, 0.15) is 26.3 Å². The number of alkyl halides is 3. The first-order valence-corrected chi connectivity index (χ1v) is 5.40. The number of nitrogens with one attached hydrogen (secondary N) is 1. The second-order valence-corrected chi connectivity index (χ2v) is 5.25. The molecule has 0 aliphatic rings. The number of rotatable bonds is 1. The molecule has 1 aromatic heterocycles. The fourth-order valence-corrected chi connectivity index (χ4v) is 1.55. The van der Waals surface area contributed by atoms with Gasteiger partial charge in [-0.1, -0.05) is 0 Å². The van der Waals surface area contributed by atoms with Gasteiger partial charge in [0.15, 0.2) is 0 Å². The van der Waals surface area contributed by atoms with Crippen LogP contribution in [0, 0.1) is 0 Å². The van der Waals surface area contributed by atoms with Crippen LogP contribution in [0.5, 0.6) is 0 Å². The maximum absolute atomic E-state index is 12.5. The molecule has 0 aliphatic heterocycles. The zero-order valence-electron chi connectivity index (χ0n) is 9.11. The molecule has 0 aromatic carbocycles. The average molecular weight is 297 g/mol. The van der Waals surface area contributed by atoms with E-state index in [1.165, 1.54) is 0 Å². The third-order valence-corrected chi connectivity index (χ3v) is 2.03. The van der Waals surface area contributed by atoms with Gasteiger partial charge in [0.25, 0.3) is 0 Å². The third-order valence-electron chi connectivity index (χ3n) is 1.62. The number of aromatic nitrogens is 1. The summed E-state index contributed by atoms with van der Waals surface area (Å²) in [4.78, 5) is 3.94. The van der Waals surface area contributed by atoms with Gasteiger partial charge in [-0.05, 0) is 48.8 Å². The highest BCUT2D eigenvalue weighted by atomic mass is 79.9. The van der Waals surface area contributed by atoms with Crippen molar-refractivity contribution in [1.29, 1.82) is 0 Å². The minimum absolute atomic E-state index is 0.161. The molecule has 0 atom stereocenters. The van der Waals surface area contributed by atoms with Crippen LogP contribution < -0.4 is 5.32 Å². The lowest BCUT2D eigenvalue weighted by atomic mass is 10.1. The van der Waals surface area contributed by atoms with E-state index in [1.807, 2.05) is 20.8 Å². The van der Waals surface area contributed by atoms with Gasteiger partial charge in [-0.15, -0.1) is 0 Å². The molecular weight excluding hydrogens is 285 g/mol. The Morgan fingerprint density at radius 3 is 2.19 bits per heavy atom. The Kier molecular flexibility index (Phi) is 3.52. The van der Waals surface area contributed by atoms with Crippen molar-refractivity contribution in [2.75, 3.05) is 5.32 Å². The maximum atomic E-state index is 12.5. The second-order valence-electron chi connectivity index (χ2n) is 4.44. The first-order chi connectivity index (χ1) is 7.08. The molecule has 1 rings (SSSR count). The molecule has 1 aromatic rings. The minimum atomic E-state index is -4.36. The Hall–Kier alpha value is -0.780. The van der Waals surface area contributed by atoms with Gasteiger partial charge in [0, 0.05) is 5.54 Å². The quantitative estimate of drug-likeness (QED) is 0.790. The first-order valence-electron chi connectivity index (χ1n) is 4.61. The van der Waals surface area contributed by atoms with Crippen molar-refractivity contribution >= 4 is 21.7 Å². The van der Waals surface area contributed by atoms with Crippen molar-refractivity contribution in [3.05, 3.63) is 22.3 Å². The summed E-state index contributed by atoms with van der Waals surface area (Å²) in [5.41, 5.74) is -1.06. The summed E-state index contributed by atoms with van der Waals surface area (Å²) in [6, 6.07) is 1.95. The molecule has 0 fully saturated rings. The van der Waals surface area contributed by atoms with Gasteiger partial charge in [0.1, 0.15) is 10.4 Å². The minimum Gasteiger partial charge on any atom is -0.365 e. The summed E-state index contributed by atoms with van der Waals surface area (Å²) in [5, 5.41) is 2.89. The topological polar surface area (TPSA) is 24.9 Å². The highest BCUT2D eigenvalue weighted by Gasteiger charge is 2.31. The largest absolute Gasteiger partial charge is 0.416 e. The van der Waals surface area contributed by atoms with Gasteiger partial charge in [-0.25, -0.2) is 4.98 Å². The SMILES string of the molecule is CC(C)(C)Nc1cc(C(F)(F)F)cc(Br)n1. The fourth-order valence-electron chi connectivity index (χ4n) is 1.11. The van der Waals surface area contributed by atoms with E-state index >= 15 is 0 Å². The lowest BCUT2D eigenvalue weighted by molar-refractivity contribution is -0.137. The van der Waals surface area contributed by atoms with Crippen molar-refractivity contribution < 1.29 is 13.2 Å². The Balaban J connectivity index is 3.09. The molecule has 0 spiro atoms. The molecule has 1 N–H and O–H groups in total. The second kappa shape index (κ2) is 4.24. The molecule has 90 valence electrons. The highest BCUT2D eigenvalue weighted by molar-refractivity contribution is 9.10. The van der Waals surface area contributed by atoms with Crippen LogP contribution >= 0.6 is 15.9 Å². The van der Waals surface area contributed by atoms with E-state index in [9.17, 15) is 13.2 Å². The number of nitrogens with zero attached hydrogens (tertiary/aromatic N) is 1. The molecule has 1 heterocycles. The fraction of sp³-hybridized carbons (Fsp3) is 0.500. The lowest BCUT2D eigenvalue weighted by Gasteiger charge is -2.22. The van der Waals surface area contributed by atoms with Crippen LogP contribution in [0.2, 0.25) is 0 Å². The number of hydrogen-bond donors (Lipinski definition) is 1. The van der Waals surface area contributed by atoms with Gasteiger partial charge in [-0.2, -0.15) is 13.2 Å². The molecule has 0 aliphatic carbocycles. The summed E-state index contributed by atoms with van der Waals surface area (Å²) in [6.45, 7) is 5.55. The number of hydrogen-bond acceptors (Lipinski definition) is 2. The summed E-state index contributed by atoms with van der Waals surface area (Å²) in [5.74, 6) is 0.203. The monoisotopic (exact) mass is 296 g/mol. The number of halogens is 4. The summed E-state index contributed by atoms with van der Waals surface area (Å²) < 4.78 is 37.7. The lowest BCUT2D eigenvalue weighted by Crippen LogP contribution is -2.27. The molecule has 0 radical (unpaired) electrons. The molecule has 6 heteroatoms. The number of anilines is 1. The van der Waals surface area contributed by atoms with E-state index < -0.39 is 11.7 Å². The van der Waals surface area contributed by atoms with Crippen molar-refractivity contribution in [2.45, 2.75) is 32.5 Å². The third kappa shape index (κ3) is 4.00. The van der Waals surface area contributed by atoms with Crippen LogP contribution in [-0.4, -0.2) is 10.5 Å². The molecule has 0 unspecified atom stereocenters. The highest BCUT2D eigenvalue weighted by Crippen LogP contribution is 2.32. The van der Waals surface area contributed by atoms with E-state index in [4.69, 9.17) is 0 Å². The Bertz CT molecular complexity index is 383. The summed E-state index contributed by atoms with van der Waals surface area (Å²) in [7, 11) is 0. The Morgan fingerprint density at radius 1 is 1.19 bits per heavy atom. The van der Waals surface area contributed by atoms with Gasteiger partial charge in [-0.3, -0.25) is 0 Å². The van der Waals surface area contributed by atoms with Crippen molar-refractivity contribution in [1.82, 2.24) is 4.98 Å².